The van der Waals surface area contributed by atoms with Gasteiger partial charge in [0, 0.05) is 18.7 Å². The highest BCUT2D eigenvalue weighted by atomic mass is 35.5. The third kappa shape index (κ3) is 1.97. The van der Waals surface area contributed by atoms with Crippen LogP contribution >= 0.6 is 11.6 Å². The largest absolute Gasteiger partial charge is 0.384 e. The van der Waals surface area contributed by atoms with Crippen LogP contribution in [-0.2, 0) is 7.05 Å². The minimum Gasteiger partial charge on any atom is -0.384 e. The van der Waals surface area contributed by atoms with Gasteiger partial charge in [-0.1, -0.05) is 11.6 Å². The second-order valence-corrected chi connectivity index (χ2v) is 4.83. The molecule has 2 aromatic heterocycles. The van der Waals surface area contributed by atoms with Gasteiger partial charge in [-0.05, 0) is 13.8 Å². The molecule has 0 bridgehead atoms. The fraction of sp³-hybridized carbons (Fsp3) is 0.455. The molecule has 0 aliphatic carbocycles. The highest BCUT2D eigenvalue weighted by Crippen LogP contribution is 2.32. The Morgan fingerprint density at radius 1 is 1.33 bits per heavy atom. The predicted molar refractivity (Wildman–Crippen MR) is 69.3 cm³/mol. The molecule has 18 heavy (non-hydrogen) atoms. The van der Waals surface area contributed by atoms with Crippen molar-refractivity contribution in [2.45, 2.75) is 26.0 Å². The second-order valence-electron chi connectivity index (χ2n) is 4.43. The van der Waals surface area contributed by atoms with Crippen molar-refractivity contribution >= 4 is 17.4 Å². The van der Waals surface area contributed by atoms with Crippen molar-refractivity contribution in [1.82, 2.24) is 19.6 Å². The van der Waals surface area contributed by atoms with Gasteiger partial charge in [0.15, 0.2) is 0 Å². The van der Waals surface area contributed by atoms with Gasteiger partial charge in [-0.15, -0.1) is 0 Å². The molecule has 2 aromatic rings. The lowest BCUT2D eigenvalue weighted by Crippen LogP contribution is -2.13. The zero-order chi connectivity index (χ0) is 13.4. The second kappa shape index (κ2) is 4.62. The number of rotatable bonds is 3. The van der Waals surface area contributed by atoms with Crippen LogP contribution < -0.4 is 5.73 Å². The first-order valence-corrected chi connectivity index (χ1v) is 5.99. The summed E-state index contributed by atoms with van der Waals surface area (Å²) >= 11 is 6.08. The van der Waals surface area contributed by atoms with Crippen LogP contribution in [0.15, 0.2) is 12.4 Å². The standard InChI is InChI=1S/C11H16ClN5O/c1-6(2)17-9(8(12)5-15-17)10(18)7-4-14-16(3)11(7)13/h4-6,10,18H,13H2,1-3H3. The first kappa shape index (κ1) is 12.9. The highest BCUT2D eigenvalue weighted by molar-refractivity contribution is 6.31. The van der Waals surface area contributed by atoms with Crippen molar-refractivity contribution in [1.29, 1.82) is 0 Å². The molecule has 0 fully saturated rings. The Morgan fingerprint density at radius 3 is 2.50 bits per heavy atom. The predicted octanol–water partition coefficient (Wildman–Crippen LogP) is 1.51. The number of aromatic nitrogens is 4. The summed E-state index contributed by atoms with van der Waals surface area (Å²) in [5.41, 5.74) is 6.92. The van der Waals surface area contributed by atoms with Gasteiger partial charge in [-0.3, -0.25) is 9.36 Å². The minimum atomic E-state index is -0.934. The first-order chi connectivity index (χ1) is 8.43. The molecule has 2 rings (SSSR count). The van der Waals surface area contributed by atoms with E-state index in [9.17, 15) is 5.11 Å². The average Bonchev–Trinajstić information content (AvgIpc) is 2.84. The molecule has 2 heterocycles. The number of anilines is 1. The van der Waals surface area contributed by atoms with E-state index in [4.69, 9.17) is 17.3 Å². The number of hydrogen-bond donors (Lipinski definition) is 2. The number of nitrogens with two attached hydrogens (primary N) is 1. The number of nitrogen functional groups attached to an aromatic ring is 1. The Bertz CT molecular complexity index is 560. The lowest BCUT2D eigenvalue weighted by molar-refractivity contribution is 0.206. The Balaban J connectivity index is 2.49. The van der Waals surface area contributed by atoms with Crippen LogP contribution in [0.4, 0.5) is 5.82 Å². The number of aliphatic hydroxyl groups excluding tert-OH is 1. The minimum absolute atomic E-state index is 0.0973. The number of aryl methyl sites for hydroxylation is 1. The van der Waals surface area contributed by atoms with E-state index in [1.165, 1.54) is 17.1 Å². The Hall–Kier alpha value is -1.53. The molecule has 7 heteroatoms. The van der Waals surface area contributed by atoms with E-state index in [-0.39, 0.29) is 6.04 Å². The van der Waals surface area contributed by atoms with Gasteiger partial charge in [0.1, 0.15) is 11.9 Å². The molecule has 0 amide bonds. The summed E-state index contributed by atoms with van der Waals surface area (Å²) in [6.45, 7) is 3.93. The fourth-order valence-electron chi connectivity index (χ4n) is 1.84. The maximum absolute atomic E-state index is 10.4. The zero-order valence-electron chi connectivity index (χ0n) is 10.5. The summed E-state index contributed by atoms with van der Waals surface area (Å²) in [5, 5.41) is 19.0. The fourth-order valence-corrected chi connectivity index (χ4v) is 2.07. The molecule has 98 valence electrons. The van der Waals surface area contributed by atoms with Gasteiger partial charge in [-0.2, -0.15) is 10.2 Å². The quantitative estimate of drug-likeness (QED) is 0.885. The van der Waals surface area contributed by atoms with Crippen molar-refractivity contribution in [2.24, 2.45) is 7.05 Å². The molecule has 0 radical (unpaired) electrons. The van der Waals surface area contributed by atoms with E-state index in [1.807, 2.05) is 13.8 Å². The molecule has 0 aromatic carbocycles. The van der Waals surface area contributed by atoms with Gasteiger partial charge in [0.05, 0.1) is 23.1 Å². The molecular weight excluding hydrogens is 254 g/mol. The van der Waals surface area contributed by atoms with Gasteiger partial charge in [0.2, 0.25) is 0 Å². The van der Waals surface area contributed by atoms with Crippen LogP contribution in [0, 0.1) is 0 Å². The lowest BCUT2D eigenvalue weighted by atomic mass is 10.1. The van der Waals surface area contributed by atoms with Gasteiger partial charge < -0.3 is 10.8 Å². The topological polar surface area (TPSA) is 81.9 Å². The third-order valence-corrected chi connectivity index (χ3v) is 3.14. The van der Waals surface area contributed by atoms with E-state index in [2.05, 4.69) is 10.2 Å². The Labute approximate surface area is 110 Å². The van der Waals surface area contributed by atoms with Crippen molar-refractivity contribution in [3.8, 4) is 0 Å². The van der Waals surface area contributed by atoms with Crippen LogP contribution in [-0.4, -0.2) is 24.7 Å². The summed E-state index contributed by atoms with van der Waals surface area (Å²) in [4.78, 5) is 0. The average molecular weight is 270 g/mol. The summed E-state index contributed by atoms with van der Waals surface area (Å²) in [6.07, 6.45) is 2.12. The smallest absolute Gasteiger partial charge is 0.127 e. The molecular formula is C11H16ClN5O. The SMILES string of the molecule is CC(C)n1ncc(Cl)c1C(O)c1cnn(C)c1N. The van der Waals surface area contributed by atoms with Crippen molar-refractivity contribution in [3.63, 3.8) is 0 Å². The molecule has 1 unspecified atom stereocenters. The molecule has 0 saturated heterocycles. The summed E-state index contributed by atoms with van der Waals surface area (Å²) in [6, 6.07) is 0.0973. The zero-order valence-corrected chi connectivity index (χ0v) is 11.3. The van der Waals surface area contributed by atoms with Crippen LogP contribution in [0.25, 0.3) is 0 Å². The third-order valence-electron chi connectivity index (χ3n) is 2.84. The van der Waals surface area contributed by atoms with Crippen LogP contribution in [0.5, 0.6) is 0 Å². The Morgan fingerprint density at radius 2 is 2.00 bits per heavy atom. The first-order valence-electron chi connectivity index (χ1n) is 5.61. The molecule has 0 saturated carbocycles. The summed E-state index contributed by atoms with van der Waals surface area (Å²) < 4.78 is 3.18. The summed E-state index contributed by atoms with van der Waals surface area (Å²) in [5.74, 6) is 0.412. The van der Waals surface area contributed by atoms with Crippen molar-refractivity contribution < 1.29 is 5.11 Å². The number of nitrogens with zero attached hydrogens (tertiary/aromatic N) is 4. The van der Waals surface area contributed by atoms with Crippen LogP contribution in [0.1, 0.15) is 37.3 Å². The van der Waals surface area contributed by atoms with Gasteiger partial charge in [0.25, 0.3) is 0 Å². The Kier molecular flexibility index (Phi) is 3.32. The van der Waals surface area contributed by atoms with Gasteiger partial charge >= 0.3 is 0 Å². The summed E-state index contributed by atoms with van der Waals surface area (Å²) in [7, 11) is 1.72. The number of aliphatic hydroxyl groups is 1. The number of hydrogen-bond acceptors (Lipinski definition) is 4. The van der Waals surface area contributed by atoms with Crippen LogP contribution in [0.3, 0.4) is 0 Å². The molecule has 1 atom stereocenters. The van der Waals surface area contributed by atoms with E-state index in [0.29, 0.717) is 22.1 Å². The maximum atomic E-state index is 10.4. The maximum Gasteiger partial charge on any atom is 0.127 e. The number of halogens is 1. The lowest BCUT2D eigenvalue weighted by Gasteiger charge is -2.16. The van der Waals surface area contributed by atoms with Crippen molar-refractivity contribution in [2.75, 3.05) is 5.73 Å². The highest BCUT2D eigenvalue weighted by Gasteiger charge is 2.24. The molecule has 0 aliphatic heterocycles. The normalized spacial score (nSPS) is 13.2. The molecule has 3 N–H and O–H groups in total. The molecule has 0 aliphatic rings. The van der Waals surface area contributed by atoms with Gasteiger partial charge in [-0.25, -0.2) is 0 Å². The van der Waals surface area contributed by atoms with Crippen molar-refractivity contribution in [3.05, 3.63) is 28.7 Å². The van der Waals surface area contributed by atoms with E-state index in [1.54, 1.807) is 11.7 Å². The van der Waals surface area contributed by atoms with Crippen LogP contribution in [0.2, 0.25) is 5.02 Å². The monoisotopic (exact) mass is 269 g/mol. The molecule has 0 spiro atoms. The van der Waals surface area contributed by atoms with E-state index < -0.39 is 6.10 Å². The molecule has 6 nitrogen and oxygen atoms in total. The van der Waals surface area contributed by atoms with E-state index >= 15 is 0 Å². The van der Waals surface area contributed by atoms with E-state index in [0.717, 1.165) is 0 Å².